The number of hydrogen-bond acceptors (Lipinski definition) is 4. The summed E-state index contributed by atoms with van der Waals surface area (Å²) >= 11 is 0. The van der Waals surface area contributed by atoms with E-state index in [-0.39, 0.29) is 0 Å². The van der Waals surface area contributed by atoms with Crippen LogP contribution in [-0.4, -0.2) is 30.2 Å². The number of fused-ring (bicyclic) bond motifs is 1. The first-order valence-corrected chi connectivity index (χ1v) is 11.2. The molecule has 0 amide bonds. The number of rotatable bonds is 2. The zero-order valence-corrected chi connectivity index (χ0v) is 18.1. The number of carbonyl (C=O) groups excluding carboxylic acids is 1. The molecule has 0 unspecified atom stereocenters. The Labute approximate surface area is 186 Å². The Kier molecular flexibility index (Phi) is 6.21. The normalized spacial score (nSPS) is 26.1. The summed E-state index contributed by atoms with van der Waals surface area (Å²) in [7, 11) is 0. The zero-order valence-electron chi connectivity index (χ0n) is 18.1. The maximum atomic E-state index is 10.8. The Morgan fingerprint density at radius 2 is 1.91 bits per heavy atom. The summed E-state index contributed by atoms with van der Waals surface area (Å²) in [6.45, 7) is 3.21. The third kappa shape index (κ3) is 4.35. The summed E-state index contributed by atoms with van der Waals surface area (Å²) in [5.74, 6) is 1.13. The average molecular weight is 447 g/mol. The van der Waals surface area contributed by atoms with Gasteiger partial charge in [-0.25, -0.2) is 0 Å². The minimum absolute atomic E-state index is 0.292. The lowest BCUT2D eigenvalue weighted by atomic mass is 9.53. The quantitative estimate of drug-likeness (QED) is 0.419. The Bertz CT molecular complexity index is 988. The number of aryl methyl sites for hydroxylation is 1. The molecular weight excluding hydrogens is 417 g/mol. The van der Waals surface area contributed by atoms with Crippen molar-refractivity contribution in [2.75, 3.05) is 11.9 Å². The lowest BCUT2D eigenvalue weighted by molar-refractivity contribution is -0.156. The number of piperidine rings is 1. The molecule has 2 aromatic carbocycles. The summed E-state index contributed by atoms with van der Waals surface area (Å²) < 4.78 is 31.2. The fourth-order valence-electron chi connectivity index (χ4n) is 5.93. The molecule has 1 saturated carbocycles. The highest BCUT2D eigenvalue weighted by Crippen LogP contribution is 2.55. The van der Waals surface area contributed by atoms with Gasteiger partial charge in [0, 0.05) is 17.1 Å². The van der Waals surface area contributed by atoms with Crippen LogP contribution >= 0.6 is 0 Å². The number of phenols is 1. The first kappa shape index (κ1) is 22.6. The van der Waals surface area contributed by atoms with Gasteiger partial charge < -0.3 is 15.7 Å². The Morgan fingerprint density at radius 3 is 2.62 bits per heavy atom. The number of hydrogen-bond donors (Lipinski definition) is 3. The standard InChI is InChI=1S/C23H28N2O.C2HF3O/c1-15-6-2-3-8-19(15)25-21-13-16-12-20-17-7-4-5-9-23(17,10-11-24-20)18(16)14-22(21)26;3-2(4,5)1-6/h2-3,6,8,13-14,17,20,24-26H,4-5,7,9-12H2,1H3;1H/t17-,20+,23+;/m1./s1. The van der Waals surface area contributed by atoms with E-state index in [0.717, 1.165) is 30.3 Å². The first-order chi connectivity index (χ1) is 15.2. The van der Waals surface area contributed by atoms with E-state index < -0.39 is 12.5 Å². The second-order valence-electron chi connectivity index (χ2n) is 9.15. The monoisotopic (exact) mass is 446 g/mol. The van der Waals surface area contributed by atoms with E-state index in [1.807, 2.05) is 12.1 Å². The van der Waals surface area contributed by atoms with Gasteiger partial charge in [0.25, 0.3) is 0 Å². The van der Waals surface area contributed by atoms with Crippen molar-refractivity contribution in [2.45, 2.75) is 63.1 Å². The maximum Gasteiger partial charge on any atom is 0.446 e. The molecule has 32 heavy (non-hydrogen) atoms. The van der Waals surface area contributed by atoms with Crippen molar-refractivity contribution in [1.82, 2.24) is 5.32 Å². The second kappa shape index (κ2) is 8.77. The van der Waals surface area contributed by atoms with Crippen LogP contribution in [0.5, 0.6) is 5.75 Å². The average Bonchev–Trinajstić information content (AvgIpc) is 2.76. The van der Waals surface area contributed by atoms with E-state index in [0.29, 0.717) is 17.2 Å². The summed E-state index contributed by atoms with van der Waals surface area (Å²) in [5, 5.41) is 18.1. The minimum Gasteiger partial charge on any atom is -0.506 e. The Balaban J connectivity index is 0.000000363. The first-order valence-electron chi connectivity index (χ1n) is 11.2. The van der Waals surface area contributed by atoms with Gasteiger partial charge >= 0.3 is 6.18 Å². The fourth-order valence-corrected chi connectivity index (χ4v) is 5.93. The number of alkyl halides is 3. The number of halogens is 3. The number of phenolic OH excluding ortho intramolecular Hbond substituents is 1. The molecular formula is C25H29F3N2O2. The van der Waals surface area contributed by atoms with E-state index in [2.05, 4.69) is 41.8 Å². The topological polar surface area (TPSA) is 61.4 Å². The SMILES string of the molecule is Cc1ccccc1Nc1cc2c(cc1O)[C@]13CCCC[C@@H]1[C@H](C2)NCC3.O=CC(F)(F)F. The van der Waals surface area contributed by atoms with Crippen LogP contribution < -0.4 is 10.6 Å². The molecule has 2 aliphatic carbocycles. The minimum atomic E-state index is -4.64. The van der Waals surface area contributed by atoms with E-state index in [9.17, 15) is 18.3 Å². The van der Waals surface area contributed by atoms with E-state index >= 15 is 0 Å². The fraction of sp³-hybridized carbons (Fsp3) is 0.480. The van der Waals surface area contributed by atoms with Gasteiger partial charge in [0.05, 0.1) is 5.69 Å². The molecule has 2 fully saturated rings. The molecule has 2 aromatic rings. The molecule has 3 aliphatic rings. The van der Waals surface area contributed by atoms with Crippen molar-refractivity contribution >= 4 is 17.7 Å². The van der Waals surface area contributed by atoms with E-state index in [1.54, 1.807) is 0 Å². The van der Waals surface area contributed by atoms with Gasteiger partial charge in [-0.1, -0.05) is 31.0 Å². The van der Waals surface area contributed by atoms with Gasteiger partial charge in [-0.05, 0) is 80.0 Å². The number of benzene rings is 2. The highest BCUT2D eigenvalue weighted by Gasteiger charge is 2.51. The number of anilines is 2. The van der Waals surface area contributed by atoms with Crippen molar-refractivity contribution < 1.29 is 23.1 Å². The molecule has 1 aliphatic heterocycles. The largest absolute Gasteiger partial charge is 0.506 e. The summed E-state index contributed by atoms with van der Waals surface area (Å²) in [4.78, 5) is 8.70. The van der Waals surface area contributed by atoms with Crippen molar-refractivity contribution in [3.05, 3.63) is 53.1 Å². The lowest BCUT2D eigenvalue weighted by Gasteiger charge is -2.56. The third-order valence-corrected chi connectivity index (χ3v) is 7.31. The van der Waals surface area contributed by atoms with Crippen molar-refractivity contribution in [3.63, 3.8) is 0 Å². The van der Waals surface area contributed by atoms with Crippen LogP contribution in [0.2, 0.25) is 0 Å². The molecule has 7 heteroatoms. The summed E-state index contributed by atoms with van der Waals surface area (Å²) in [6, 6.07) is 13.2. The number of para-hydroxylation sites is 1. The van der Waals surface area contributed by atoms with E-state index in [1.165, 1.54) is 48.8 Å². The van der Waals surface area contributed by atoms with Gasteiger partial charge in [-0.2, -0.15) is 13.2 Å². The molecule has 3 N–H and O–H groups in total. The van der Waals surface area contributed by atoms with Crippen LogP contribution in [-0.2, 0) is 16.6 Å². The second-order valence-corrected chi connectivity index (χ2v) is 9.15. The van der Waals surface area contributed by atoms with Crippen LogP contribution in [0, 0.1) is 12.8 Å². The Morgan fingerprint density at radius 1 is 1.16 bits per heavy atom. The van der Waals surface area contributed by atoms with Crippen LogP contribution in [0.4, 0.5) is 24.5 Å². The molecule has 5 rings (SSSR count). The van der Waals surface area contributed by atoms with Crippen LogP contribution in [0.3, 0.4) is 0 Å². The summed E-state index contributed by atoms with van der Waals surface area (Å²) in [6.07, 6.45) is 1.90. The maximum absolute atomic E-state index is 10.8. The molecule has 1 heterocycles. The zero-order chi connectivity index (χ0) is 22.9. The summed E-state index contributed by atoms with van der Waals surface area (Å²) in [5.41, 5.74) is 6.24. The van der Waals surface area contributed by atoms with Crippen LogP contribution in [0.1, 0.15) is 48.8 Å². The molecule has 2 bridgehead atoms. The van der Waals surface area contributed by atoms with Gasteiger partial charge in [-0.15, -0.1) is 0 Å². The predicted octanol–water partition coefficient (Wildman–Crippen LogP) is 5.54. The number of carbonyl (C=O) groups is 1. The molecule has 0 spiro atoms. The van der Waals surface area contributed by atoms with Crippen molar-refractivity contribution in [1.29, 1.82) is 0 Å². The third-order valence-electron chi connectivity index (χ3n) is 7.31. The smallest absolute Gasteiger partial charge is 0.446 e. The van der Waals surface area contributed by atoms with Crippen molar-refractivity contribution in [2.24, 2.45) is 5.92 Å². The molecule has 4 nitrogen and oxygen atoms in total. The highest BCUT2D eigenvalue weighted by atomic mass is 19.4. The molecule has 3 atom stereocenters. The van der Waals surface area contributed by atoms with Crippen LogP contribution in [0.25, 0.3) is 0 Å². The number of nitrogens with one attached hydrogen (secondary N) is 2. The molecule has 172 valence electrons. The molecule has 0 radical (unpaired) electrons. The lowest BCUT2D eigenvalue weighted by Crippen LogP contribution is -2.59. The number of aldehydes is 1. The molecule has 0 aromatic heterocycles. The van der Waals surface area contributed by atoms with Crippen LogP contribution in [0.15, 0.2) is 36.4 Å². The van der Waals surface area contributed by atoms with Crippen molar-refractivity contribution in [3.8, 4) is 5.75 Å². The van der Waals surface area contributed by atoms with E-state index in [4.69, 9.17) is 4.79 Å². The predicted molar refractivity (Wildman–Crippen MR) is 118 cm³/mol. The van der Waals surface area contributed by atoms with Gasteiger partial charge in [-0.3, -0.25) is 4.79 Å². The van der Waals surface area contributed by atoms with Gasteiger partial charge in [0.2, 0.25) is 6.29 Å². The highest BCUT2D eigenvalue weighted by molar-refractivity contribution is 5.70. The van der Waals surface area contributed by atoms with Gasteiger partial charge in [0.15, 0.2) is 0 Å². The number of aromatic hydroxyl groups is 1. The molecule has 1 saturated heterocycles. The Hall–Kier alpha value is -2.54. The van der Waals surface area contributed by atoms with Gasteiger partial charge in [0.1, 0.15) is 5.75 Å².